The lowest BCUT2D eigenvalue weighted by Gasteiger charge is -2.34. The summed E-state index contributed by atoms with van der Waals surface area (Å²) >= 11 is 0. The second-order valence-corrected chi connectivity index (χ2v) is 4.17. The number of primary amides is 1. The van der Waals surface area contributed by atoms with Crippen molar-refractivity contribution in [1.82, 2.24) is 0 Å². The first-order valence-electron chi connectivity index (χ1n) is 5.54. The van der Waals surface area contributed by atoms with E-state index < -0.39 is 0 Å². The first-order valence-corrected chi connectivity index (χ1v) is 5.54. The van der Waals surface area contributed by atoms with Gasteiger partial charge in [-0.15, -0.1) is 0 Å². The van der Waals surface area contributed by atoms with E-state index in [4.69, 9.17) is 11.5 Å². The Morgan fingerprint density at radius 3 is 2.88 bits per heavy atom. The van der Waals surface area contributed by atoms with Gasteiger partial charge in [-0.2, -0.15) is 0 Å². The van der Waals surface area contributed by atoms with Crippen LogP contribution < -0.4 is 16.4 Å². The van der Waals surface area contributed by atoms with Crippen LogP contribution in [-0.2, 0) is 11.2 Å². The van der Waals surface area contributed by atoms with Gasteiger partial charge in [-0.05, 0) is 18.1 Å². The Hall–Kier alpha value is -1.55. The minimum Gasteiger partial charge on any atom is -0.369 e. The van der Waals surface area contributed by atoms with Gasteiger partial charge in [0.25, 0.3) is 0 Å². The summed E-state index contributed by atoms with van der Waals surface area (Å²) in [6.45, 7) is 2.03. The topological polar surface area (TPSA) is 72.3 Å². The maximum Gasteiger partial charge on any atom is 0.222 e. The van der Waals surface area contributed by atoms with E-state index in [9.17, 15) is 4.79 Å². The molecule has 1 aliphatic rings. The van der Waals surface area contributed by atoms with E-state index in [2.05, 4.69) is 11.0 Å². The van der Waals surface area contributed by atoms with Crippen LogP contribution in [0.2, 0.25) is 0 Å². The van der Waals surface area contributed by atoms with Crippen molar-refractivity contribution in [2.24, 2.45) is 17.4 Å². The first kappa shape index (κ1) is 11.0. The van der Waals surface area contributed by atoms with Crippen molar-refractivity contribution in [1.29, 1.82) is 0 Å². The number of amides is 1. The highest BCUT2D eigenvalue weighted by atomic mass is 16.1. The summed E-state index contributed by atoms with van der Waals surface area (Å²) in [5.41, 5.74) is 13.3. The number of hydrogen-bond donors (Lipinski definition) is 2. The van der Waals surface area contributed by atoms with Crippen molar-refractivity contribution >= 4 is 11.6 Å². The first-order chi connectivity index (χ1) is 7.72. The summed E-state index contributed by atoms with van der Waals surface area (Å²) in [4.78, 5) is 13.4. The molecule has 0 bridgehead atoms. The van der Waals surface area contributed by atoms with E-state index in [-0.39, 0.29) is 11.8 Å². The molecule has 1 aliphatic heterocycles. The van der Waals surface area contributed by atoms with Crippen LogP contribution in [0.25, 0.3) is 0 Å². The van der Waals surface area contributed by atoms with Crippen molar-refractivity contribution in [2.75, 3.05) is 24.5 Å². The fraction of sp³-hybridized carbons (Fsp3) is 0.417. The van der Waals surface area contributed by atoms with Crippen LogP contribution in [0.15, 0.2) is 24.3 Å². The van der Waals surface area contributed by atoms with Crippen LogP contribution in [0.3, 0.4) is 0 Å². The van der Waals surface area contributed by atoms with Crippen molar-refractivity contribution in [3.05, 3.63) is 29.8 Å². The second-order valence-electron chi connectivity index (χ2n) is 4.17. The van der Waals surface area contributed by atoms with Crippen molar-refractivity contribution in [3.63, 3.8) is 0 Å². The van der Waals surface area contributed by atoms with Gasteiger partial charge in [0, 0.05) is 25.3 Å². The molecule has 0 aromatic heterocycles. The fourth-order valence-corrected chi connectivity index (χ4v) is 2.24. The molecule has 1 aromatic carbocycles. The van der Waals surface area contributed by atoms with Gasteiger partial charge in [0.1, 0.15) is 0 Å². The highest BCUT2D eigenvalue weighted by molar-refractivity contribution is 5.79. The molecule has 1 heterocycles. The molecule has 0 saturated carbocycles. The zero-order valence-corrected chi connectivity index (χ0v) is 9.23. The zero-order chi connectivity index (χ0) is 11.5. The van der Waals surface area contributed by atoms with Crippen molar-refractivity contribution < 1.29 is 4.79 Å². The number of benzene rings is 1. The highest BCUT2D eigenvalue weighted by Gasteiger charge is 2.26. The third-order valence-corrected chi connectivity index (χ3v) is 3.04. The highest BCUT2D eigenvalue weighted by Crippen LogP contribution is 2.28. The molecule has 1 unspecified atom stereocenters. The molecule has 0 saturated heterocycles. The van der Waals surface area contributed by atoms with Crippen LogP contribution in [0.1, 0.15) is 5.56 Å². The van der Waals surface area contributed by atoms with E-state index >= 15 is 0 Å². The van der Waals surface area contributed by atoms with Crippen LogP contribution in [0.4, 0.5) is 5.69 Å². The molecule has 4 nitrogen and oxygen atoms in total. The summed E-state index contributed by atoms with van der Waals surface area (Å²) in [6.07, 6.45) is 0.743. The Morgan fingerprint density at radius 1 is 1.44 bits per heavy atom. The van der Waals surface area contributed by atoms with Gasteiger partial charge in [-0.1, -0.05) is 18.2 Å². The SMILES string of the molecule is NCCN1CC(C(N)=O)Cc2ccccc21. The maximum atomic E-state index is 11.3. The van der Waals surface area contributed by atoms with Crippen LogP contribution in [0.5, 0.6) is 0 Å². The fourth-order valence-electron chi connectivity index (χ4n) is 2.24. The van der Waals surface area contributed by atoms with E-state index in [1.54, 1.807) is 0 Å². The normalized spacial score (nSPS) is 19.3. The Labute approximate surface area is 95.2 Å². The average Bonchev–Trinajstić information content (AvgIpc) is 2.29. The average molecular weight is 219 g/mol. The minimum absolute atomic E-state index is 0.0959. The van der Waals surface area contributed by atoms with Crippen LogP contribution >= 0.6 is 0 Å². The maximum absolute atomic E-state index is 11.3. The molecular weight excluding hydrogens is 202 g/mol. The molecule has 1 atom stereocenters. The number of rotatable bonds is 3. The largest absolute Gasteiger partial charge is 0.369 e. The predicted octanol–water partition coefficient (Wildman–Crippen LogP) is 0.109. The smallest absolute Gasteiger partial charge is 0.222 e. The number of hydrogen-bond acceptors (Lipinski definition) is 3. The summed E-state index contributed by atoms with van der Waals surface area (Å²) < 4.78 is 0. The summed E-state index contributed by atoms with van der Waals surface area (Å²) in [5.74, 6) is -0.321. The predicted molar refractivity (Wildman–Crippen MR) is 64.1 cm³/mol. The Morgan fingerprint density at radius 2 is 2.19 bits per heavy atom. The molecule has 4 heteroatoms. The molecule has 86 valence electrons. The second kappa shape index (κ2) is 4.53. The van der Waals surface area contributed by atoms with Gasteiger partial charge < -0.3 is 16.4 Å². The lowest BCUT2D eigenvalue weighted by Crippen LogP contribution is -2.43. The Bertz CT molecular complexity index is 392. The lowest BCUT2D eigenvalue weighted by atomic mass is 9.92. The van der Waals surface area contributed by atoms with Gasteiger partial charge in [0.15, 0.2) is 0 Å². The minimum atomic E-state index is -0.225. The van der Waals surface area contributed by atoms with Crippen LogP contribution in [0, 0.1) is 5.92 Å². The number of para-hydroxylation sites is 1. The summed E-state index contributed by atoms with van der Waals surface area (Å²) in [6, 6.07) is 8.12. The summed E-state index contributed by atoms with van der Waals surface area (Å²) in [7, 11) is 0. The zero-order valence-electron chi connectivity index (χ0n) is 9.23. The van der Waals surface area contributed by atoms with E-state index in [0.29, 0.717) is 13.1 Å². The van der Waals surface area contributed by atoms with E-state index in [1.165, 1.54) is 11.3 Å². The summed E-state index contributed by atoms with van der Waals surface area (Å²) in [5, 5.41) is 0. The van der Waals surface area contributed by atoms with Crippen molar-refractivity contribution in [2.45, 2.75) is 6.42 Å². The number of carbonyl (C=O) groups excluding carboxylic acids is 1. The van der Waals surface area contributed by atoms with Crippen molar-refractivity contribution in [3.8, 4) is 0 Å². The molecular formula is C12H17N3O. The van der Waals surface area contributed by atoms with Gasteiger partial charge in [-0.25, -0.2) is 0 Å². The molecule has 0 fully saturated rings. The number of nitrogens with two attached hydrogens (primary N) is 2. The molecule has 0 spiro atoms. The molecule has 2 rings (SSSR count). The lowest BCUT2D eigenvalue weighted by molar-refractivity contribution is -0.121. The third-order valence-electron chi connectivity index (χ3n) is 3.04. The van der Waals surface area contributed by atoms with Gasteiger partial charge >= 0.3 is 0 Å². The molecule has 0 aliphatic carbocycles. The number of anilines is 1. The number of carbonyl (C=O) groups is 1. The van der Waals surface area contributed by atoms with Gasteiger partial charge in [-0.3, -0.25) is 4.79 Å². The molecule has 16 heavy (non-hydrogen) atoms. The monoisotopic (exact) mass is 219 g/mol. The molecule has 1 amide bonds. The van der Waals surface area contributed by atoms with E-state index in [0.717, 1.165) is 13.0 Å². The Kier molecular flexibility index (Phi) is 3.10. The quantitative estimate of drug-likeness (QED) is 0.758. The van der Waals surface area contributed by atoms with Gasteiger partial charge in [0.05, 0.1) is 5.92 Å². The molecule has 1 aromatic rings. The molecule has 0 radical (unpaired) electrons. The third kappa shape index (κ3) is 2.02. The number of fused-ring (bicyclic) bond motifs is 1. The van der Waals surface area contributed by atoms with E-state index in [1.807, 2.05) is 18.2 Å². The standard InChI is InChI=1S/C12H17N3O/c13-5-6-15-8-10(12(14)16)7-9-3-1-2-4-11(9)15/h1-4,10H,5-8,13H2,(H2,14,16). The molecule has 4 N–H and O–H groups in total. The van der Waals surface area contributed by atoms with Crippen LogP contribution in [-0.4, -0.2) is 25.5 Å². The number of nitrogens with zero attached hydrogens (tertiary/aromatic N) is 1. The van der Waals surface area contributed by atoms with Gasteiger partial charge in [0.2, 0.25) is 5.91 Å². The Balaban J connectivity index is 2.29.